The molecule has 0 bridgehead atoms. The second-order valence-corrected chi connectivity index (χ2v) is 10.4. The maximum atomic E-state index is 13.0. The number of likely N-dealkylation sites (tertiary alicyclic amines) is 1. The molecule has 1 saturated heterocycles. The van der Waals surface area contributed by atoms with E-state index in [1.54, 1.807) is 25.8 Å². The third-order valence-electron chi connectivity index (χ3n) is 6.42. The molecule has 0 radical (unpaired) electrons. The monoisotopic (exact) mass is 436 g/mol. The second kappa shape index (κ2) is 9.07. The molecule has 2 aromatic carbocycles. The molecule has 5 heteroatoms. The van der Waals surface area contributed by atoms with Crippen molar-refractivity contribution in [1.82, 2.24) is 4.90 Å². The van der Waals surface area contributed by atoms with Gasteiger partial charge in [-0.2, -0.15) is 0 Å². The Bertz CT molecular complexity index is 942. The van der Waals surface area contributed by atoms with Crippen LogP contribution in [0.3, 0.4) is 0 Å². The highest BCUT2D eigenvalue weighted by Gasteiger charge is 2.30. The van der Waals surface area contributed by atoms with Crippen molar-refractivity contribution in [3.63, 3.8) is 0 Å². The Morgan fingerprint density at radius 3 is 1.84 bits per heavy atom. The first kappa shape index (κ1) is 24.0. The molecule has 0 atom stereocenters. The Labute approximate surface area is 192 Å². The van der Waals surface area contributed by atoms with E-state index in [4.69, 9.17) is 0 Å². The lowest BCUT2D eigenvalue weighted by Gasteiger charge is -2.34. The van der Waals surface area contributed by atoms with Gasteiger partial charge in [0.15, 0.2) is 5.78 Å². The molecule has 1 aliphatic heterocycles. The van der Waals surface area contributed by atoms with Crippen LogP contribution in [0.2, 0.25) is 0 Å². The van der Waals surface area contributed by atoms with E-state index in [2.05, 4.69) is 20.8 Å². The molecule has 2 aromatic rings. The second-order valence-electron chi connectivity index (χ2n) is 10.4. The fourth-order valence-electron chi connectivity index (χ4n) is 4.12. The maximum Gasteiger partial charge on any atom is 0.324 e. The van der Waals surface area contributed by atoms with Gasteiger partial charge in [-0.1, -0.05) is 57.2 Å². The normalized spacial score (nSPS) is 15.5. The van der Waals surface area contributed by atoms with Crippen LogP contribution in [-0.4, -0.2) is 42.0 Å². The van der Waals surface area contributed by atoms with E-state index in [0.717, 1.165) is 16.8 Å². The van der Waals surface area contributed by atoms with Crippen LogP contribution >= 0.6 is 0 Å². The van der Waals surface area contributed by atoms with Gasteiger partial charge in [0, 0.05) is 37.3 Å². The molecule has 0 saturated carbocycles. The molecule has 0 aromatic heterocycles. The number of ketones is 1. The molecule has 172 valence electrons. The van der Waals surface area contributed by atoms with Gasteiger partial charge >= 0.3 is 6.03 Å². The minimum Gasteiger partial charge on any atom is -0.386 e. The van der Waals surface area contributed by atoms with E-state index in [1.807, 2.05) is 53.4 Å². The van der Waals surface area contributed by atoms with E-state index in [-0.39, 0.29) is 23.1 Å². The van der Waals surface area contributed by atoms with E-state index >= 15 is 0 Å². The van der Waals surface area contributed by atoms with Crippen LogP contribution in [0.15, 0.2) is 48.5 Å². The summed E-state index contributed by atoms with van der Waals surface area (Å²) in [5.74, 6) is 0.129. The van der Waals surface area contributed by atoms with Gasteiger partial charge in [-0.3, -0.25) is 9.69 Å². The summed E-state index contributed by atoms with van der Waals surface area (Å²) in [7, 11) is 1.76. The van der Waals surface area contributed by atoms with Crippen LogP contribution in [-0.2, 0) is 11.0 Å². The Morgan fingerprint density at radius 2 is 1.38 bits per heavy atom. The number of hydrogen-bond donors (Lipinski definition) is 1. The zero-order valence-corrected chi connectivity index (χ0v) is 20.2. The third-order valence-corrected chi connectivity index (χ3v) is 6.42. The van der Waals surface area contributed by atoms with Gasteiger partial charge in [0.05, 0.1) is 5.60 Å². The molecular weight excluding hydrogens is 400 g/mol. The Kier molecular flexibility index (Phi) is 6.80. The fraction of sp³-hybridized carbons (Fsp3) is 0.481. The lowest BCUT2D eigenvalue weighted by Crippen LogP contribution is -2.46. The van der Waals surface area contributed by atoms with Gasteiger partial charge in [-0.15, -0.1) is 0 Å². The topological polar surface area (TPSA) is 60.9 Å². The number of aliphatic hydroxyl groups is 1. The highest BCUT2D eigenvalue weighted by Crippen LogP contribution is 2.27. The summed E-state index contributed by atoms with van der Waals surface area (Å²) in [6, 6.07) is 15.3. The van der Waals surface area contributed by atoms with Gasteiger partial charge in [0.25, 0.3) is 0 Å². The maximum absolute atomic E-state index is 13.0. The molecule has 1 aliphatic rings. The molecule has 32 heavy (non-hydrogen) atoms. The van der Waals surface area contributed by atoms with Crippen molar-refractivity contribution in [3.05, 3.63) is 65.2 Å². The smallest absolute Gasteiger partial charge is 0.324 e. The summed E-state index contributed by atoms with van der Waals surface area (Å²) < 4.78 is 0. The SMILES string of the molecule is CN(C(=O)N1CCC(C(=O)c2ccc(C(C)(C)C)cc2)CC1)c1ccc(C(C)(C)O)cc1. The summed E-state index contributed by atoms with van der Waals surface area (Å²) in [6.45, 7) is 11.1. The van der Waals surface area contributed by atoms with Gasteiger partial charge < -0.3 is 10.0 Å². The standard InChI is InChI=1S/C27H36N2O3/c1-26(2,3)21-9-7-19(8-10-21)24(30)20-15-17-29(18-16-20)25(31)28(6)23-13-11-22(12-14-23)27(4,5)32/h7-14,20,32H,15-18H2,1-6H3. The molecule has 1 fully saturated rings. The number of hydrogen-bond acceptors (Lipinski definition) is 3. The highest BCUT2D eigenvalue weighted by atomic mass is 16.3. The van der Waals surface area contributed by atoms with Gasteiger partial charge in [-0.25, -0.2) is 4.79 Å². The number of nitrogens with zero attached hydrogens (tertiary/aromatic N) is 2. The molecule has 3 rings (SSSR count). The van der Waals surface area contributed by atoms with Crippen LogP contribution in [0.1, 0.15) is 68.9 Å². The van der Waals surface area contributed by atoms with Crippen LogP contribution < -0.4 is 4.90 Å². The predicted octanol–water partition coefficient (Wildman–Crippen LogP) is 5.36. The number of rotatable bonds is 4. The van der Waals surface area contributed by atoms with E-state index in [0.29, 0.717) is 25.9 Å². The van der Waals surface area contributed by atoms with Gasteiger partial charge in [0.1, 0.15) is 0 Å². The first-order valence-electron chi connectivity index (χ1n) is 11.4. The van der Waals surface area contributed by atoms with Crippen molar-refractivity contribution in [3.8, 4) is 0 Å². The van der Waals surface area contributed by atoms with Gasteiger partial charge in [0.2, 0.25) is 0 Å². The summed E-state index contributed by atoms with van der Waals surface area (Å²) in [5, 5.41) is 10.1. The zero-order valence-electron chi connectivity index (χ0n) is 20.2. The lowest BCUT2D eigenvalue weighted by atomic mass is 9.84. The number of carbonyl (C=O) groups excluding carboxylic acids is 2. The molecule has 0 unspecified atom stereocenters. The molecule has 2 amide bonds. The Morgan fingerprint density at radius 1 is 0.875 bits per heavy atom. The number of urea groups is 1. The number of amides is 2. The predicted molar refractivity (Wildman–Crippen MR) is 129 cm³/mol. The minimum absolute atomic E-state index is 0.0455. The Hall–Kier alpha value is -2.66. The van der Waals surface area contributed by atoms with Crippen LogP contribution in [0.4, 0.5) is 10.5 Å². The molecule has 5 nitrogen and oxygen atoms in total. The van der Waals surface area contributed by atoms with Crippen molar-refractivity contribution >= 4 is 17.5 Å². The molecule has 0 spiro atoms. The van der Waals surface area contributed by atoms with E-state index < -0.39 is 5.60 Å². The molecule has 1 heterocycles. The summed E-state index contributed by atoms with van der Waals surface area (Å²) in [5.41, 5.74) is 2.70. The zero-order chi connectivity index (χ0) is 23.7. The molecular formula is C27H36N2O3. The fourth-order valence-corrected chi connectivity index (χ4v) is 4.12. The van der Waals surface area contributed by atoms with Crippen LogP contribution in [0, 0.1) is 5.92 Å². The first-order valence-corrected chi connectivity index (χ1v) is 11.4. The number of piperidine rings is 1. The molecule has 0 aliphatic carbocycles. The number of benzene rings is 2. The van der Waals surface area contributed by atoms with Crippen molar-refractivity contribution < 1.29 is 14.7 Å². The third kappa shape index (κ3) is 5.39. The quantitative estimate of drug-likeness (QED) is 0.656. The van der Waals surface area contributed by atoms with Gasteiger partial charge in [-0.05, 0) is 55.4 Å². The summed E-state index contributed by atoms with van der Waals surface area (Å²) in [4.78, 5) is 29.4. The van der Waals surface area contributed by atoms with Crippen LogP contribution in [0.5, 0.6) is 0 Å². The first-order chi connectivity index (χ1) is 14.9. The lowest BCUT2D eigenvalue weighted by molar-refractivity contribution is 0.0785. The summed E-state index contributed by atoms with van der Waals surface area (Å²) >= 11 is 0. The van der Waals surface area contributed by atoms with Crippen molar-refractivity contribution in [1.29, 1.82) is 0 Å². The largest absolute Gasteiger partial charge is 0.386 e. The average molecular weight is 437 g/mol. The van der Waals surface area contributed by atoms with Crippen molar-refractivity contribution in [2.75, 3.05) is 25.0 Å². The summed E-state index contributed by atoms with van der Waals surface area (Å²) in [6.07, 6.45) is 1.36. The average Bonchev–Trinajstić information content (AvgIpc) is 2.76. The number of anilines is 1. The van der Waals surface area contributed by atoms with Crippen LogP contribution in [0.25, 0.3) is 0 Å². The van der Waals surface area contributed by atoms with Crippen molar-refractivity contribution in [2.45, 2.75) is 58.5 Å². The number of carbonyl (C=O) groups is 2. The van der Waals surface area contributed by atoms with E-state index in [9.17, 15) is 14.7 Å². The minimum atomic E-state index is -0.914. The molecule has 1 N–H and O–H groups in total. The Balaban J connectivity index is 1.58. The number of Topliss-reactive ketones (excluding diaryl/α,β-unsaturated/α-hetero) is 1. The van der Waals surface area contributed by atoms with Crippen molar-refractivity contribution in [2.24, 2.45) is 5.92 Å². The van der Waals surface area contributed by atoms with E-state index in [1.165, 1.54) is 5.56 Å². The highest BCUT2D eigenvalue weighted by molar-refractivity contribution is 5.98.